The first-order valence-electron chi connectivity index (χ1n) is 2.61. The lowest BCUT2D eigenvalue weighted by Gasteiger charge is -1.94. The Balaban J connectivity index is 0.000000461. The first-order chi connectivity index (χ1) is 5.22. The van der Waals surface area contributed by atoms with Crippen LogP contribution in [0.5, 0.6) is 0 Å². The molecule has 0 unspecified atom stereocenters. The molecule has 0 aliphatic heterocycles. The normalized spacial score (nSPS) is 8.00. The van der Waals surface area contributed by atoms with E-state index in [-0.39, 0.29) is 0 Å². The van der Waals surface area contributed by atoms with Gasteiger partial charge in [-0.25, -0.2) is 8.78 Å². The van der Waals surface area contributed by atoms with Crippen molar-refractivity contribution >= 4 is 5.69 Å². The van der Waals surface area contributed by atoms with Crippen molar-refractivity contribution in [2.45, 2.75) is 0 Å². The average molecular weight is 157 g/mol. The summed E-state index contributed by atoms with van der Waals surface area (Å²) in [5, 5.41) is 12.0. The fraction of sp³-hybridized carbons (Fsp3) is 0. The first-order valence-corrected chi connectivity index (χ1v) is 2.61. The van der Waals surface area contributed by atoms with E-state index in [1.165, 1.54) is 6.07 Å². The van der Waals surface area contributed by atoms with Crippen LogP contribution in [0, 0.1) is 22.4 Å². The van der Waals surface area contributed by atoms with Crippen LogP contribution in [-0.4, -0.2) is 0 Å². The Morgan fingerprint density at radius 1 is 1.09 bits per heavy atom. The fourth-order valence-corrected chi connectivity index (χ4v) is 0.511. The van der Waals surface area contributed by atoms with Gasteiger partial charge in [-0.05, 0) is 12.1 Å². The van der Waals surface area contributed by atoms with E-state index in [9.17, 15) is 8.78 Å². The zero-order valence-electron chi connectivity index (χ0n) is 5.46. The molecule has 0 heterocycles. The smallest absolute Gasteiger partial charge is 0.149 e. The van der Waals surface area contributed by atoms with Gasteiger partial charge in [0.2, 0.25) is 0 Å². The minimum atomic E-state index is -0.713. The molecule has 3 nitrogen and oxygen atoms in total. The van der Waals surface area contributed by atoms with Gasteiger partial charge in [0, 0.05) is 10.8 Å². The first kappa shape index (κ1) is 9.30. The number of anilines is 1. The minimum absolute atomic E-state index is 0.419. The summed E-state index contributed by atoms with van der Waals surface area (Å²) in [6.45, 7) is 0. The Labute approximate surface area is 61.9 Å². The van der Waals surface area contributed by atoms with Crippen molar-refractivity contribution in [3.8, 4) is 0 Å². The maximum absolute atomic E-state index is 12.2. The molecular weight excluding hydrogens is 152 g/mol. The number of nitrogens with two attached hydrogens (primary N) is 1. The summed E-state index contributed by atoms with van der Waals surface area (Å²) in [6, 6.07) is 3.48. The number of benzene rings is 1. The van der Waals surface area contributed by atoms with Gasteiger partial charge in [0.15, 0.2) is 0 Å². The van der Waals surface area contributed by atoms with E-state index in [2.05, 4.69) is 0 Å². The predicted molar refractivity (Wildman–Crippen MR) is 34.2 cm³/mol. The lowest BCUT2D eigenvalue weighted by atomic mass is 10.3. The summed E-state index contributed by atoms with van der Waals surface area (Å²) in [4.78, 5) is 0. The number of rotatable bonds is 0. The molecule has 1 aromatic rings. The third kappa shape index (κ3) is 2.18. The maximum atomic E-state index is 12.2. The SMILES string of the molecule is N#N.Nc1c(F)cccc1F. The zero-order chi connectivity index (χ0) is 8.85. The quantitative estimate of drug-likeness (QED) is 0.458. The van der Waals surface area contributed by atoms with Gasteiger partial charge in [0.25, 0.3) is 0 Å². The summed E-state index contributed by atoms with van der Waals surface area (Å²) >= 11 is 0. The molecule has 1 rings (SSSR count). The second-order valence-electron chi connectivity index (χ2n) is 1.64. The van der Waals surface area contributed by atoms with Gasteiger partial charge in [0.05, 0.1) is 0 Å². The second-order valence-corrected chi connectivity index (χ2v) is 1.64. The van der Waals surface area contributed by atoms with Gasteiger partial charge >= 0.3 is 0 Å². The lowest BCUT2D eigenvalue weighted by Crippen LogP contribution is -1.93. The topological polar surface area (TPSA) is 73.6 Å². The maximum Gasteiger partial charge on any atom is 0.149 e. The van der Waals surface area contributed by atoms with Crippen LogP contribution in [0.4, 0.5) is 14.5 Å². The number of hydrogen-bond donors (Lipinski definition) is 1. The Kier molecular flexibility index (Phi) is 3.52. The largest absolute Gasteiger partial charge is 0.394 e. The molecule has 5 heteroatoms. The number of para-hydroxylation sites is 1. The second kappa shape index (κ2) is 4.17. The molecular formula is C6H5F2N3. The van der Waals surface area contributed by atoms with Gasteiger partial charge < -0.3 is 5.73 Å². The molecule has 0 radical (unpaired) electrons. The summed E-state index contributed by atoms with van der Waals surface area (Å²) < 4.78 is 24.4. The summed E-state index contributed by atoms with van der Waals surface area (Å²) in [6.07, 6.45) is 0. The number of hydrogen-bond acceptors (Lipinski definition) is 3. The number of nitrogen functional groups attached to an aromatic ring is 1. The minimum Gasteiger partial charge on any atom is -0.394 e. The van der Waals surface area contributed by atoms with Crippen molar-refractivity contribution in [3.63, 3.8) is 0 Å². The fourth-order valence-electron chi connectivity index (χ4n) is 0.511. The molecule has 11 heavy (non-hydrogen) atoms. The average Bonchev–Trinajstić information content (AvgIpc) is 2.04. The summed E-state index contributed by atoms with van der Waals surface area (Å²) in [7, 11) is 0. The Morgan fingerprint density at radius 3 is 1.73 bits per heavy atom. The van der Waals surface area contributed by atoms with E-state index in [0.717, 1.165) is 12.1 Å². The zero-order valence-corrected chi connectivity index (χ0v) is 5.46. The summed E-state index contributed by atoms with van der Waals surface area (Å²) in [5.41, 5.74) is 4.51. The molecule has 2 N–H and O–H groups in total. The highest BCUT2D eigenvalue weighted by atomic mass is 19.1. The van der Waals surface area contributed by atoms with E-state index in [1.54, 1.807) is 0 Å². The van der Waals surface area contributed by atoms with E-state index in [1.807, 2.05) is 0 Å². The molecule has 1 aromatic carbocycles. The molecule has 0 aromatic heterocycles. The molecule has 0 amide bonds. The molecule has 0 aliphatic carbocycles. The van der Waals surface area contributed by atoms with E-state index >= 15 is 0 Å². The van der Waals surface area contributed by atoms with Crippen molar-refractivity contribution in [2.75, 3.05) is 5.73 Å². The number of nitrogens with zero attached hydrogens (tertiary/aromatic N) is 2. The van der Waals surface area contributed by atoms with Crippen molar-refractivity contribution in [3.05, 3.63) is 29.8 Å². The van der Waals surface area contributed by atoms with Gasteiger partial charge in [-0.2, -0.15) is 0 Å². The van der Waals surface area contributed by atoms with Crippen LogP contribution in [0.1, 0.15) is 0 Å². The number of halogens is 2. The molecule has 0 spiro atoms. The van der Waals surface area contributed by atoms with Gasteiger partial charge in [-0.3, -0.25) is 0 Å². The van der Waals surface area contributed by atoms with Crippen LogP contribution in [0.2, 0.25) is 0 Å². The molecule has 0 atom stereocenters. The van der Waals surface area contributed by atoms with E-state index < -0.39 is 17.3 Å². The molecule has 0 saturated heterocycles. The van der Waals surface area contributed by atoms with Gasteiger partial charge in [0.1, 0.15) is 17.3 Å². The van der Waals surface area contributed by atoms with Crippen LogP contribution < -0.4 is 5.73 Å². The molecule has 0 fully saturated rings. The molecule has 0 saturated carbocycles. The van der Waals surface area contributed by atoms with Crippen LogP contribution in [0.25, 0.3) is 0 Å². The third-order valence-electron chi connectivity index (χ3n) is 1.000. The van der Waals surface area contributed by atoms with E-state index in [4.69, 9.17) is 16.5 Å². The lowest BCUT2D eigenvalue weighted by molar-refractivity contribution is 0.592. The Bertz CT molecular complexity index is 239. The molecule has 58 valence electrons. The summed E-state index contributed by atoms with van der Waals surface area (Å²) in [5.74, 6) is -1.43. The van der Waals surface area contributed by atoms with Crippen molar-refractivity contribution < 1.29 is 8.78 Å². The van der Waals surface area contributed by atoms with Gasteiger partial charge in [-0.1, -0.05) is 6.07 Å². The van der Waals surface area contributed by atoms with Crippen molar-refractivity contribution in [2.24, 2.45) is 0 Å². The highest BCUT2D eigenvalue weighted by molar-refractivity contribution is 5.40. The van der Waals surface area contributed by atoms with Gasteiger partial charge in [-0.15, -0.1) is 0 Å². The van der Waals surface area contributed by atoms with Crippen LogP contribution >= 0.6 is 0 Å². The molecule has 0 aliphatic rings. The third-order valence-corrected chi connectivity index (χ3v) is 1.000. The molecule has 0 bridgehead atoms. The van der Waals surface area contributed by atoms with E-state index in [0.29, 0.717) is 0 Å². The van der Waals surface area contributed by atoms with Crippen molar-refractivity contribution in [1.29, 1.82) is 10.8 Å². The van der Waals surface area contributed by atoms with Crippen molar-refractivity contribution in [1.82, 2.24) is 0 Å². The predicted octanol–water partition coefficient (Wildman–Crippen LogP) is 1.58. The van der Waals surface area contributed by atoms with Crippen LogP contribution in [-0.2, 0) is 0 Å². The monoisotopic (exact) mass is 157 g/mol. The standard InChI is InChI=1S/C6H5F2N.N2/c7-4-2-1-3-5(8)6(4)9;1-2/h1-3H,9H2;. The highest BCUT2D eigenvalue weighted by Crippen LogP contribution is 2.12. The van der Waals surface area contributed by atoms with Crippen LogP contribution in [0.15, 0.2) is 18.2 Å². The van der Waals surface area contributed by atoms with Crippen LogP contribution in [0.3, 0.4) is 0 Å². The Morgan fingerprint density at radius 2 is 1.45 bits per heavy atom. The highest BCUT2D eigenvalue weighted by Gasteiger charge is 2.00. The Hall–Kier alpha value is -1.70.